The van der Waals surface area contributed by atoms with E-state index in [0.29, 0.717) is 20.6 Å². The molecule has 0 atom stereocenters. The third kappa shape index (κ3) is 5.13. The van der Waals surface area contributed by atoms with E-state index in [9.17, 15) is 9.59 Å². The second kappa shape index (κ2) is 8.76. The number of halogens is 2. The molecule has 2 heterocycles. The number of hydrazone groups is 1. The van der Waals surface area contributed by atoms with Crippen LogP contribution in [0, 0.1) is 0 Å². The van der Waals surface area contributed by atoms with Gasteiger partial charge in [-0.2, -0.15) is 5.10 Å². The highest BCUT2D eigenvalue weighted by molar-refractivity contribution is 7.15. The fraction of sp³-hybridized carbons (Fsp3) is 0.0625. The van der Waals surface area contributed by atoms with Gasteiger partial charge in [0.25, 0.3) is 5.91 Å². The average Bonchev–Trinajstić information content (AvgIpc) is 3.30. The van der Waals surface area contributed by atoms with Gasteiger partial charge in [0.15, 0.2) is 5.76 Å². The number of anilines is 1. The maximum absolute atomic E-state index is 11.9. The summed E-state index contributed by atoms with van der Waals surface area (Å²) in [6.07, 6.45) is 2.70. The van der Waals surface area contributed by atoms with E-state index >= 15 is 0 Å². The first-order valence-corrected chi connectivity index (χ1v) is 9.03. The lowest BCUT2D eigenvalue weighted by Gasteiger charge is -2.00. The molecule has 27 heavy (non-hydrogen) atoms. The smallest absolute Gasteiger partial charge is 0.293 e. The minimum Gasteiger partial charge on any atom is -0.459 e. The maximum Gasteiger partial charge on any atom is 0.293 e. The van der Waals surface area contributed by atoms with Crippen LogP contribution in [0.4, 0.5) is 5.13 Å². The molecule has 11 heteroatoms. The van der Waals surface area contributed by atoms with Crippen molar-refractivity contribution in [3.05, 3.63) is 63.0 Å². The van der Waals surface area contributed by atoms with Crippen molar-refractivity contribution in [3.8, 4) is 0 Å². The first-order chi connectivity index (χ1) is 13.0. The molecular weight excluding hydrogens is 413 g/mol. The summed E-state index contributed by atoms with van der Waals surface area (Å²) in [6, 6.07) is 8.15. The number of nitrogens with zero attached hydrogens (tertiary/aromatic N) is 3. The lowest BCUT2D eigenvalue weighted by molar-refractivity contribution is -0.120. The Kier molecular flexibility index (Phi) is 6.17. The van der Waals surface area contributed by atoms with E-state index in [1.807, 2.05) is 0 Å². The van der Waals surface area contributed by atoms with Gasteiger partial charge >= 0.3 is 0 Å². The van der Waals surface area contributed by atoms with Crippen molar-refractivity contribution >= 4 is 57.7 Å². The predicted molar refractivity (Wildman–Crippen MR) is 102 cm³/mol. The molecule has 0 bridgehead atoms. The highest BCUT2D eigenvalue weighted by Gasteiger charge is 2.14. The molecule has 2 aromatic heterocycles. The van der Waals surface area contributed by atoms with Gasteiger partial charge in [0, 0.05) is 5.56 Å². The van der Waals surface area contributed by atoms with E-state index in [4.69, 9.17) is 27.6 Å². The van der Waals surface area contributed by atoms with Crippen molar-refractivity contribution in [2.24, 2.45) is 5.10 Å². The van der Waals surface area contributed by atoms with Crippen LogP contribution >= 0.6 is 34.5 Å². The number of hydrogen-bond acceptors (Lipinski definition) is 7. The SMILES string of the molecule is O=C(Cc1nnc(NC(=O)c2ccco2)s1)NN=Cc1c(Cl)cccc1Cl. The Bertz CT molecular complexity index is 968. The summed E-state index contributed by atoms with van der Waals surface area (Å²) in [5.41, 5.74) is 2.86. The number of amides is 2. The summed E-state index contributed by atoms with van der Waals surface area (Å²) in [6.45, 7) is 0. The Morgan fingerprint density at radius 2 is 1.96 bits per heavy atom. The number of furan rings is 1. The largest absolute Gasteiger partial charge is 0.459 e. The number of benzene rings is 1. The number of aromatic nitrogens is 2. The zero-order valence-electron chi connectivity index (χ0n) is 13.5. The maximum atomic E-state index is 11.9. The third-order valence-electron chi connectivity index (χ3n) is 3.13. The molecule has 1 aromatic carbocycles. The van der Waals surface area contributed by atoms with Crippen molar-refractivity contribution < 1.29 is 14.0 Å². The molecule has 0 fully saturated rings. The highest BCUT2D eigenvalue weighted by Crippen LogP contribution is 2.22. The summed E-state index contributed by atoms with van der Waals surface area (Å²) in [7, 11) is 0. The number of carbonyl (C=O) groups excluding carboxylic acids is 2. The zero-order chi connectivity index (χ0) is 19.2. The predicted octanol–water partition coefficient (Wildman–Crippen LogP) is 3.38. The second-order valence-corrected chi connectivity index (χ2v) is 6.91. The van der Waals surface area contributed by atoms with Crippen LogP contribution in [0.2, 0.25) is 10.0 Å². The number of carbonyl (C=O) groups is 2. The van der Waals surface area contributed by atoms with Crippen LogP contribution in [-0.4, -0.2) is 28.2 Å². The zero-order valence-corrected chi connectivity index (χ0v) is 15.8. The fourth-order valence-electron chi connectivity index (χ4n) is 1.92. The van der Waals surface area contributed by atoms with Crippen molar-refractivity contribution in [1.82, 2.24) is 15.6 Å². The van der Waals surface area contributed by atoms with Crippen molar-refractivity contribution in [3.63, 3.8) is 0 Å². The Hall–Kier alpha value is -2.75. The normalized spacial score (nSPS) is 10.9. The minimum atomic E-state index is -0.451. The van der Waals surface area contributed by atoms with Gasteiger partial charge in [-0.15, -0.1) is 10.2 Å². The van der Waals surface area contributed by atoms with E-state index in [1.165, 1.54) is 18.5 Å². The minimum absolute atomic E-state index is 0.0537. The van der Waals surface area contributed by atoms with Gasteiger partial charge in [-0.25, -0.2) is 5.43 Å². The Morgan fingerprint density at radius 3 is 2.67 bits per heavy atom. The van der Waals surface area contributed by atoms with Gasteiger partial charge in [0.2, 0.25) is 11.0 Å². The molecule has 0 spiro atoms. The van der Waals surface area contributed by atoms with Gasteiger partial charge in [0.05, 0.1) is 28.9 Å². The van der Waals surface area contributed by atoms with E-state index < -0.39 is 11.8 Å². The van der Waals surface area contributed by atoms with E-state index in [1.54, 1.807) is 24.3 Å². The lowest BCUT2D eigenvalue weighted by atomic mass is 10.2. The van der Waals surface area contributed by atoms with Gasteiger partial charge in [-0.05, 0) is 24.3 Å². The second-order valence-electron chi connectivity index (χ2n) is 5.04. The summed E-state index contributed by atoms with van der Waals surface area (Å²) >= 11 is 13.1. The van der Waals surface area contributed by atoms with Crippen molar-refractivity contribution in [2.75, 3.05) is 5.32 Å². The molecular formula is C16H11Cl2N5O3S. The molecule has 0 saturated carbocycles. The molecule has 0 saturated heterocycles. The van der Waals surface area contributed by atoms with Crippen LogP contribution in [0.1, 0.15) is 21.1 Å². The summed E-state index contributed by atoms with van der Waals surface area (Å²) in [5, 5.41) is 15.5. The molecule has 138 valence electrons. The van der Waals surface area contributed by atoms with E-state index in [2.05, 4.69) is 26.0 Å². The molecule has 2 amide bonds. The molecule has 0 unspecified atom stereocenters. The molecule has 0 radical (unpaired) electrons. The van der Waals surface area contributed by atoms with Crippen LogP contribution in [0.15, 0.2) is 46.1 Å². The molecule has 3 aromatic rings. The fourth-order valence-corrected chi connectivity index (χ4v) is 3.15. The van der Waals surface area contributed by atoms with Crippen molar-refractivity contribution in [1.29, 1.82) is 0 Å². The van der Waals surface area contributed by atoms with E-state index in [0.717, 1.165) is 11.3 Å². The number of hydrogen-bond donors (Lipinski definition) is 2. The Balaban J connectivity index is 1.53. The molecule has 0 aliphatic carbocycles. The molecule has 3 rings (SSSR count). The van der Waals surface area contributed by atoms with Gasteiger partial charge in [-0.1, -0.05) is 40.6 Å². The van der Waals surface area contributed by atoms with Crippen LogP contribution in [0.3, 0.4) is 0 Å². The summed E-state index contributed by atoms with van der Waals surface area (Å²) < 4.78 is 4.98. The molecule has 8 nitrogen and oxygen atoms in total. The van der Waals surface area contributed by atoms with E-state index in [-0.39, 0.29) is 17.3 Å². The number of nitrogens with one attached hydrogen (secondary N) is 2. The Morgan fingerprint density at radius 1 is 1.19 bits per heavy atom. The molecule has 0 aliphatic rings. The molecule has 0 aliphatic heterocycles. The van der Waals surface area contributed by atoms with Crippen molar-refractivity contribution in [2.45, 2.75) is 6.42 Å². The average molecular weight is 424 g/mol. The third-order valence-corrected chi connectivity index (χ3v) is 4.62. The lowest BCUT2D eigenvalue weighted by Crippen LogP contribution is -2.19. The highest BCUT2D eigenvalue weighted by atomic mass is 35.5. The van der Waals surface area contributed by atoms with Crippen LogP contribution in [0.25, 0.3) is 0 Å². The van der Waals surface area contributed by atoms with Gasteiger partial charge in [0.1, 0.15) is 5.01 Å². The summed E-state index contributed by atoms with van der Waals surface area (Å²) in [4.78, 5) is 23.8. The summed E-state index contributed by atoms with van der Waals surface area (Å²) in [5.74, 6) is -0.708. The van der Waals surface area contributed by atoms with Gasteiger partial charge < -0.3 is 4.42 Å². The van der Waals surface area contributed by atoms with Crippen LogP contribution < -0.4 is 10.7 Å². The Labute approximate surface area is 167 Å². The first kappa shape index (κ1) is 19.0. The molecule has 2 N–H and O–H groups in total. The number of rotatable bonds is 6. The first-order valence-electron chi connectivity index (χ1n) is 7.46. The van der Waals surface area contributed by atoms with Crippen LogP contribution in [-0.2, 0) is 11.2 Å². The van der Waals surface area contributed by atoms with Gasteiger partial charge in [-0.3, -0.25) is 14.9 Å². The monoisotopic (exact) mass is 423 g/mol. The van der Waals surface area contributed by atoms with Crippen LogP contribution in [0.5, 0.6) is 0 Å². The topological polar surface area (TPSA) is 109 Å². The standard InChI is InChI=1S/C16H11Cl2N5O3S/c17-10-3-1-4-11(18)9(10)8-19-21-13(24)7-14-22-23-16(27-14)20-15(25)12-5-2-6-26-12/h1-6,8H,7H2,(H,21,24)(H,20,23,25). The quantitative estimate of drug-likeness (QED) is 0.466.